The number of hydrogen-bond acceptors (Lipinski definition) is 5. The number of para-hydroxylation sites is 2. The summed E-state index contributed by atoms with van der Waals surface area (Å²) in [7, 11) is 1.54. The fraction of sp³-hybridized carbons (Fsp3) is 0.333. The number of aryl methyl sites for hydroxylation is 3. The van der Waals surface area contributed by atoms with E-state index < -0.39 is 0 Å². The molecule has 0 unspecified atom stereocenters. The summed E-state index contributed by atoms with van der Waals surface area (Å²) < 4.78 is 8.24. The first-order chi connectivity index (χ1) is 13.8. The molecule has 8 heteroatoms. The summed E-state index contributed by atoms with van der Waals surface area (Å²) in [4.78, 5) is 30.5. The molecule has 3 aromatic rings. The van der Waals surface area contributed by atoms with E-state index >= 15 is 0 Å². The van der Waals surface area contributed by atoms with Crippen LogP contribution in [0.5, 0.6) is 5.75 Å². The van der Waals surface area contributed by atoms with Gasteiger partial charge in [-0.3, -0.25) is 14.2 Å². The van der Waals surface area contributed by atoms with E-state index in [-0.39, 0.29) is 18.0 Å². The standard InChI is InChI=1S/C21H25N5O3/c1-6-16-15(4)22-21(26-14(3)11-13(2)24-26)25(20(16)28)12-19(27)23-17-9-7-8-10-18(17)29-5/h7-11H,6,12H2,1-5H3,(H,23,27). The number of hydrogen-bond donors (Lipinski definition) is 1. The Morgan fingerprint density at radius 1 is 1.21 bits per heavy atom. The van der Waals surface area contributed by atoms with Gasteiger partial charge >= 0.3 is 0 Å². The molecule has 8 nitrogen and oxygen atoms in total. The number of amides is 1. The summed E-state index contributed by atoms with van der Waals surface area (Å²) in [5, 5.41) is 7.25. The molecule has 0 saturated heterocycles. The van der Waals surface area contributed by atoms with Crippen molar-refractivity contribution in [1.29, 1.82) is 0 Å². The number of carbonyl (C=O) groups excluding carboxylic acids is 1. The maximum Gasteiger partial charge on any atom is 0.258 e. The van der Waals surface area contributed by atoms with Crippen molar-refractivity contribution in [2.24, 2.45) is 0 Å². The normalized spacial score (nSPS) is 10.8. The van der Waals surface area contributed by atoms with Crippen LogP contribution in [-0.2, 0) is 17.8 Å². The molecule has 0 aliphatic rings. The molecule has 0 aliphatic carbocycles. The molecule has 0 atom stereocenters. The zero-order valence-corrected chi connectivity index (χ0v) is 17.3. The lowest BCUT2D eigenvalue weighted by Crippen LogP contribution is -2.34. The second kappa shape index (κ2) is 8.30. The van der Waals surface area contributed by atoms with Gasteiger partial charge in [-0.1, -0.05) is 19.1 Å². The predicted molar refractivity (Wildman–Crippen MR) is 111 cm³/mol. The molecular formula is C21H25N5O3. The highest BCUT2D eigenvalue weighted by atomic mass is 16.5. The second-order valence-corrected chi connectivity index (χ2v) is 6.81. The Bertz CT molecular complexity index is 1110. The van der Waals surface area contributed by atoms with Crippen molar-refractivity contribution >= 4 is 11.6 Å². The van der Waals surface area contributed by atoms with E-state index in [9.17, 15) is 9.59 Å². The van der Waals surface area contributed by atoms with Crippen LogP contribution in [0.15, 0.2) is 35.1 Å². The van der Waals surface area contributed by atoms with E-state index in [1.54, 1.807) is 29.8 Å². The third-order valence-electron chi connectivity index (χ3n) is 4.68. The van der Waals surface area contributed by atoms with Gasteiger partial charge in [-0.05, 0) is 45.4 Å². The lowest BCUT2D eigenvalue weighted by Gasteiger charge is -2.16. The van der Waals surface area contributed by atoms with Crippen molar-refractivity contribution in [1.82, 2.24) is 19.3 Å². The topological polar surface area (TPSA) is 91.0 Å². The van der Waals surface area contributed by atoms with Gasteiger partial charge in [0.15, 0.2) is 0 Å². The first kappa shape index (κ1) is 20.3. The Morgan fingerprint density at radius 2 is 1.93 bits per heavy atom. The Labute approximate surface area is 169 Å². The number of nitrogens with zero attached hydrogens (tertiary/aromatic N) is 4. The number of anilines is 1. The summed E-state index contributed by atoms with van der Waals surface area (Å²) in [5.74, 6) is 0.515. The number of aromatic nitrogens is 4. The Balaban J connectivity index is 2.04. The van der Waals surface area contributed by atoms with Crippen LogP contribution < -0.4 is 15.6 Å². The van der Waals surface area contributed by atoms with E-state index in [0.717, 1.165) is 11.4 Å². The fourth-order valence-corrected chi connectivity index (χ4v) is 3.31. The average molecular weight is 395 g/mol. The molecule has 0 fully saturated rings. The van der Waals surface area contributed by atoms with Gasteiger partial charge < -0.3 is 10.1 Å². The van der Waals surface area contributed by atoms with Gasteiger partial charge in [-0.25, -0.2) is 9.67 Å². The minimum absolute atomic E-state index is 0.190. The van der Waals surface area contributed by atoms with Crippen LogP contribution in [0.25, 0.3) is 5.95 Å². The average Bonchev–Trinajstić information content (AvgIpc) is 3.02. The van der Waals surface area contributed by atoms with Crippen molar-refractivity contribution in [2.45, 2.75) is 40.7 Å². The van der Waals surface area contributed by atoms with Crippen molar-refractivity contribution in [3.05, 3.63) is 63.3 Å². The quantitative estimate of drug-likeness (QED) is 0.693. The number of methoxy groups -OCH3 is 1. The third kappa shape index (κ3) is 4.06. The molecule has 0 spiro atoms. The van der Waals surface area contributed by atoms with Gasteiger partial charge in [-0.2, -0.15) is 5.10 Å². The van der Waals surface area contributed by atoms with Crippen molar-refractivity contribution < 1.29 is 9.53 Å². The summed E-state index contributed by atoms with van der Waals surface area (Å²) in [6.07, 6.45) is 0.531. The van der Waals surface area contributed by atoms with Crippen LogP contribution >= 0.6 is 0 Å². The molecule has 0 bridgehead atoms. The molecule has 0 saturated carbocycles. The highest BCUT2D eigenvalue weighted by Gasteiger charge is 2.19. The lowest BCUT2D eigenvalue weighted by atomic mass is 10.2. The van der Waals surface area contributed by atoms with E-state index in [1.807, 2.05) is 32.9 Å². The van der Waals surface area contributed by atoms with E-state index in [2.05, 4.69) is 15.4 Å². The number of ether oxygens (including phenoxy) is 1. The molecule has 0 radical (unpaired) electrons. The molecule has 0 aliphatic heterocycles. The minimum Gasteiger partial charge on any atom is -0.495 e. The van der Waals surface area contributed by atoms with Gasteiger partial charge in [0.2, 0.25) is 11.9 Å². The van der Waals surface area contributed by atoms with Crippen LogP contribution in [-0.4, -0.2) is 32.3 Å². The summed E-state index contributed by atoms with van der Waals surface area (Å²) in [6.45, 7) is 7.26. The highest BCUT2D eigenvalue weighted by molar-refractivity contribution is 5.92. The van der Waals surface area contributed by atoms with Crippen LogP contribution in [0.4, 0.5) is 5.69 Å². The zero-order valence-electron chi connectivity index (χ0n) is 17.3. The van der Waals surface area contributed by atoms with Crippen molar-refractivity contribution in [3.8, 4) is 11.7 Å². The van der Waals surface area contributed by atoms with Gasteiger partial charge in [0, 0.05) is 11.3 Å². The number of rotatable bonds is 6. The third-order valence-corrected chi connectivity index (χ3v) is 4.68. The van der Waals surface area contributed by atoms with Gasteiger partial charge in [0.05, 0.1) is 24.2 Å². The van der Waals surface area contributed by atoms with Crippen molar-refractivity contribution in [3.63, 3.8) is 0 Å². The summed E-state index contributed by atoms with van der Waals surface area (Å²) in [6, 6.07) is 9.01. The molecular weight excluding hydrogens is 370 g/mol. The van der Waals surface area contributed by atoms with Crippen LogP contribution in [0.1, 0.15) is 29.6 Å². The Morgan fingerprint density at radius 3 is 2.55 bits per heavy atom. The first-order valence-electron chi connectivity index (χ1n) is 9.42. The number of carbonyl (C=O) groups is 1. The van der Waals surface area contributed by atoms with Crippen LogP contribution in [0.3, 0.4) is 0 Å². The first-order valence-corrected chi connectivity index (χ1v) is 9.42. The van der Waals surface area contributed by atoms with E-state index in [4.69, 9.17) is 4.74 Å². The maximum absolute atomic E-state index is 13.1. The SMILES string of the molecule is CCc1c(C)nc(-n2nc(C)cc2C)n(CC(=O)Nc2ccccc2OC)c1=O. The van der Waals surface area contributed by atoms with E-state index in [1.165, 1.54) is 11.7 Å². The molecule has 152 valence electrons. The minimum atomic E-state index is -0.355. The zero-order chi connectivity index (χ0) is 21.1. The van der Waals surface area contributed by atoms with Gasteiger partial charge in [-0.15, -0.1) is 0 Å². The van der Waals surface area contributed by atoms with E-state index in [0.29, 0.717) is 35.1 Å². The van der Waals surface area contributed by atoms with Gasteiger partial charge in [0.1, 0.15) is 12.3 Å². The van der Waals surface area contributed by atoms with Crippen LogP contribution in [0.2, 0.25) is 0 Å². The highest BCUT2D eigenvalue weighted by Crippen LogP contribution is 2.23. The predicted octanol–water partition coefficient (Wildman–Crippen LogP) is 2.56. The Kier molecular flexibility index (Phi) is 5.81. The summed E-state index contributed by atoms with van der Waals surface area (Å²) in [5.41, 5.74) is 3.16. The molecule has 29 heavy (non-hydrogen) atoms. The molecule has 3 rings (SSSR count). The number of nitrogens with one attached hydrogen (secondary N) is 1. The molecule has 1 aromatic carbocycles. The second-order valence-electron chi connectivity index (χ2n) is 6.81. The van der Waals surface area contributed by atoms with Gasteiger partial charge in [0.25, 0.3) is 5.56 Å². The molecule has 2 aromatic heterocycles. The molecule has 2 heterocycles. The Hall–Kier alpha value is -3.42. The maximum atomic E-state index is 13.1. The number of benzene rings is 1. The lowest BCUT2D eigenvalue weighted by molar-refractivity contribution is -0.116. The van der Waals surface area contributed by atoms with Crippen LogP contribution in [0, 0.1) is 20.8 Å². The summed E-state index contributed by atoms with van der Waals surface area (Å²) >= 11 is 0. The molecule has 1 N–H and O–H groups in total. The largest absolute Gasteiger partial charge is 0.495 e. The van der Waals surface area contributed by atoms with Crippen molar-refractivity contribution in [2.75, 3.05) is 12.4 Å². The molecule has 1 amide bonds. The smallest absolute Gasteiger partial charge is 0.258 e. The fourth-order valence-electron chi connectivity index (χ4n) is 3.31. The monoisotopic (exact) mass is 395 g/mol.